The van der Waals surface area contributed by atoms with Crippen LogP contribution in [0.1, 0.15) is 74.0 Å². The van der Waals surface area contributed by atoms with Gasteiger partial charge in [-0.3, -0.25) is 9.69 Å². The zero-order valence-electron chi connectivity index (χ0n) is 20.1. The lowest BCUT2D eigenvalue weighted by molar-refractivity contribution is -0.137. The maximum absolute atomic E-state index is 13.1. The van der Waals surface area contributed by atoms with Crippen LogP contribution in [0.5, 0.6) is 0 Å². The minimum atomic E-state index is -4.32. The van der Waals surface area contributed by atoms with E-state index in [4.69, 9.17) is 0 Å². The highest BCUT2D eigenvalue weighted by molar-refractivity contribution is 5.85. The minimum Gasteiger partial charge on any atom is -0.300 e. The normalized spacial score (nSPS) is 31.7. The first-order valence-electron chi connectivity index (χ1n) is 13.3. The lowest BCUT2D eigenvalue weighted by Gasteiger charge is -2.36. The second-order valence-corrected chi connectivity index (χ2v) is 11.5. The van der Waals surface area contributed by atoms with Crippen molar-refractivity contribution in [3.05, 3.63) is 71.3 Å². The van der Waals surface area contributed by atoms with Gasteiger partial charge in [0.15, 0.2) is 0 Å². The molecule has 0 spiro atoms. The topological polar surface area (TPSA) is 20.3 Å². The van der Waals surface area contributed by atoms with Crippen LogP contribution in [0.15, 0.2) is 54.6 Å². The number of halogens is 3. The van der Waals surface area contributed by atoms with E-state index in [1.165, 1.54) is 43.4 Å². The largest absolute Gasteiger partial charge is 0.416 e. The van der Waals surface area contributed by atoms with E-state index in [-0.39, 0.29) is 11.3 Å². The van der Waals surface area contributed by atoms with Crippen LogP contribution in [0.3, 0.4) is 0 Å². The first-order chi connectivity index (χ1) is 16.8. The molecule has 1 saturated heterocycles. The molecule has 0 bridgehead atoms. The van der Waals surface area contributed by atoms with E-state index in [9.17, 15) is 18.0 Å². The Balaban J connectivity index is 0.980. The van der Waals surface area contributed by atoms with Gasteiger partial charge in [-0.1, -0.05) is 48.5 Å². The third-order valence-corrected chi connectivity index (χ3v) is 9.58. The number of carbonyl (C=O) groups is 1. The Morgan fingerprint density at radius 2 is 1.60 bits per heavy atom. The van der Waals surface area contributed by atoms with E-state index >= 15 is 0 Å². The molecule has 1 unspecified atom stereocenters. The Labute approximate surface area is 205 Å². The van der Waals surface area contributed by atoms with Crippen molar-refractivity contribution in [2.75, 3.05) is 13.1 Å². The van der Waals surface area contributed by atoms with Crippen molar-refractivity contribution < 1.29 is 18.0 Å². The molecule has 6 rings (SSSR count). The molecule has 5 heteroatoms. The Morgan fingerprint density at radius 1 is 0.914 bits per heavy atom. The van der Waals surface area contributed by atoms with Gasteiger partial charge in [-0.05, 0) is 85.3 Å². The summed E-state index contributed by atoms with van der Waals surface area (Å²) in [5.41, 5.74) is 1.43. The quantitative estimate of drug-likeness (QED) is 0.425. The molecule has 0 radical (unpaired) electrons. The van der Waals surface area contributed by atoms with Crippen molar-refractivity contribution >= 4 is 5.78 Å². The van der Waals surface area contributed by atoms with Crippen molar-refractivity contribution in [1.29, 1.82) is 0 Å². The number of hydrogen-bond acceptors (Lipinski definition) is 2. The van der Waals surface area contributed by atoms with E-state index < -0.39 is 11.7 Å². The van der Waals surface area contributed by atoms with Gasteiger partial charge in [0.05, 0.1) is 5.56 Å². The molecule has 2 nitrogen and oxygen atoms in total. The van der Waals surface area contributed by atoms with Crippen LogP contribution in [0, 0.1) is 17.8 Å². The molecule has 2 aromatic rings. The molecule has 35 heavy (non-hydrogen) atoms. The van der Waals surface area contributed by atoms with Crippen LogP contribution < -0.4 is 0 Å². The third-order valence-electron chi connectivity index (χ3n) is 9.58. The summed E-state index contributed by atoms with van der Waals surface area (Å²) < 4.78 is 39.4. The highest BCUT2D eigenvalue weighted by Crippen LogP contribution is 2.56. The van der Waals surface area contributed by atoms with Crippen molar-refractivity contribution in [3.63, 3.8) is 0 Å². The molecule has 4 fully saturated rings. The molecule has 3 atom stereocenters. The number of fused-ring (bicyclic) bond motifs is 1. The predicted octanol–water partition coefficient (Wildman–Crippen LogP) is 6.99. The Bertz CT molecular complexity index is 1060. The Morgan fingerprint density at radius 3 is 2.23 bits per heavy atom. The first kappa shape index (κ1) is 23.3. The van der Waals surface area contributed by atoms with Crippen LogP contribution in [-0.2, 0) is 16.4 Å². The molecule has 186 valence electrons. The predicted molar refractivity (Wildman–Crippen MR) is 130 cm³/mol. The smallest absolute Gasteiger partial charge is 0.300 e. The Kier molecular flexibility index (Phi) is 5.82. The highest BCUT2D eigenvalue weighted by Gasteiger charge is 2.59. The number of Topliss-reactive ketones (excluding diaryl/α,β-unsaturated/α-hetero) is 1. The molecule has 1 aliphatic heterocycles. The lowest BCUT2D eigenvalue weighted by Crippen LogP contribution is -2.38. The molecule has 3 saturated carbocycles. The minimum absolute atomic E-state index is 0.198. The monoisotopic (exact) mass is 481 g/mol. The molecule has 3 aliphatic carbocycles. The fourth-order valence-corrected chi connectivity index (χ4v) is 7.22. The highest BCUT2D eigenvalue weighted by atomic mass is 19.4. The second-order valence-electron chi connectivity index (χ2n) is 11.5. The number of carbonyl (C=O) groups excluding carboxylic acids is 1. The second kappa shape index (κ2) is 8.76. The van der Waals surface area contributed by atoms with Crippen LogP contribution in [0.2, 0.25) is 0 Å². The van der Waals surface area contributed by atoms with E-state index in [0.717, 1.165) is 37.6 Å². The fraction of sp³-hybridized carbons (Fsp3) is 0.567. The molecular formula is C30H34F3NO. The van der Waals surface area contributed by atoms with E-state index in [0.29, 0.717) is 42.4 Å². The molecule has 4 aliphatic rings. The number of hydrogen-bond donors (Lipinski definition) is 0. The Hall–Kier alpha value is -2.14. The SMILES string of the molecule is O=C(CCC1(c2cccc(C(F)(F)F)c2)CC1)C1[C@H]2CN(C3CCC(c4ccccc4)CC3)C[C@@H]12. The number of likely N-dealkylation sites (tertiary alicyclic amines) is 1. The summed E-state index contributed by atoms with van der Waals surface area (Å²) in [5.74, 6) is 2.26. The maximum atomic E-state index is 13.1. The van der Waals surface area contributed by atoms with Gasteiger partial charge in [0, 0.05) is 31.5 Å². The van der Waals surface area contributed by atoms with Gasteiger partial charge in [-0.25, -0.2) is 0 Å². The van der Waals surface area contributed by atoms with Crippen LogP contribution in [0.25, 0.3) is 0 Å². The number of nitrogens with zero attached hydrogens (tertiary/aromatic N) is 1. The van der Waals surface area contributed by atoms with Crippen molar-refractivity contribution in [1.82, 2.24) is 4.90 Å². The maximum Gasteiger partial charge on any atom is 0.416 e. The van der Waals surface area contributed by atoms with Gasteiger partial charge in [0.25, 0.3) is 0 Å². The molecule has 1 heterocycles. The van der Waals surface area contributed by atoms with Crippen molar-refractivity contribution in [3.8, 4) is 0 Å². The van der Waals surface area contributed by atoms with Gasteiger partial charge < -0.3 is 0 Å². The fourth-order valence-electron chi connectivity index (χ4n) is 7.22. The molecule has 0 amide bonds. The zero-order valence-corrected chi connectivity index (χ0v) is 20.1. The summed E-state index contributed by atoms with van der Waals surface area (Å²) in [6.07, 6.45) is 3.65. The zero-order chi connectivity index (χ0) is 24.2. The van der Waals surface area contributed by atoms with Gasteiger partial charge in [0.1, 0.15) is 5.78 Å². The van der Waals surface area contributed by atoms with E-state index in [2.05, 4.69) is 35.2 Å². The number of piperidine rings is 1. The summed E-state index contributed by atoms with van der Waals surface area (Å²) in [4.78, 5) is 15.7. The molecule has 0 N–H and O–H groups in total. The van der Waals surface area contributed by atoms with E-state index in [1.54, 1.807) is 0 Å². The van der Waals surface area contributed by atoms with Crippen molar-refractivity contribution in [2.24, 2.45) is 17.8 Å². The number of benzene rings is 2. The van der Waals surface area contributed by atoms with Gasteiger partial charge >= 0.3 is 6.18 Å². The summed E-state index contributed by atoms with van der Waals surface area (Å²) in [6.45, 7) is 2.11. The third kappa shape index (κ3) is 4.57. The number of alkyl halides is 3. The molecule has 0 aromatic heterocycles. The van der Waals surface area contributed by atoms with Gasteiger partial charge in [-0.2, -0.15) is 13.2 Å². The van der Waals surface area contributed by atoms with Gasteiger partial charge in [0.2, 0.25) is 0 Å². The number of ketones is 1. The average molecular weight is 482 g/mol. The van der Waals surface area contributed by atoms with Crippen molar-refractivity contribution in [2.45, 2.75) is 74.9 Å². The molecule has 2 aromatic carbocycles. The lowest BCUT2D eigenvalue weighted by atomic mass is 9.81. The van der Waals surface area contributed by atoms with Crippen LogP contribution >= 0.6 is 0 Å². The standard InChI is InChI=1S/C30H34F3NO/c31-30(32,33)23-8-4-7-22(17-23)29(15-16-29)14-13-27(35)28-25-18-34(19-26(25)28)24-11-9-21(10-12-24)20-5-2-1-3-6-20/h1-8,17,21,24-26,28H,9-16,18-19H2/t21?,24?,25-,26+,28?. The summed E-state index contributed by atoms with van der Waals surface area (Å²) in [6, 6.07) is 17.3. The molecular weight excluding hydrogens is 447 g/mol. The average Bonchev–Trinajstić information content (AvgIpc) is 3.77. The first-order valence-corrected chi connectivity index (χ1v) is 13.3. The van der Waals surface area contributed by atoms with Crippen LogP contribution in [-0.4, -0.2) is 29.8 Å². The summed E-state index contributed by atoms with van der Waals surface area (Å²) >= 11 is 0. The van der Waals surface area contributed by atoms with Gasteiger partial charge in [-0.15, -0.1) is 0 Å². The number of rotatable bonds is 7. The van der Waals surface area contributed by atoms with E-state index in [1.807, 2.05) is 6.07 Å². The van der Waals surface area contributed by atoms with Crippen LogP contribution in [0.4, 0.5) is 13.2 Å². The summed E-state index contributed by atoms with van der Waals surface area (Å²) in [5, 5.41) is 0. The summed E-state index contributed by atoms with van der Waals surface area (Å²) in [7, 11) is 0.